The molecule has 0 spiro atoms. The summed E-state index contributed by atoms with van der Waals surface area (Å²) in [6.45, 7) is 9.09. The number of nitrogens with zero attached hydrogens (tertiary/aromatic N) is 2. The summed E-state index contributed by atoms with van der Waals surface area (Å²) in [5, 5.41) is 4.96. The third-order valence-corrected chi connectivity index (χ3v) is 5.13. The van der Waals surface area contributed by atoms with Crippen LogP contribution in [0.15, 0.2) is 16.9 Å². The average Bonchev–Trinajstić information content (AvgIpc) is 2.64. The SMILES string of the molecule is CCCCOc1c(CBr)nn(C)c(=O)c1-c1c(CC)cc(C)cc1CC. The monoisotopic (exact) mass is 420 g/mol. The van der Waals surface area contributed by atoms with Crippen LogP contribution in [0.1, 0.15) is 56.0 Å². The fourth-order valence-corrected chi connectivity index (χ4v) is 3.64. The molecule has 1 aromatic heterocycles. The smallest absolute Gasteiger partial charge is 0.278 e. The van der Waals surface area contributed by atoms with Crippen LogP contribution < -0.4 is 10.3 Å². The second kappa shape index (κ2) is 9.36. The third-order valence-electron chi connectivity index (χ3n) is 4.60. The van der Waals surface area contributed by atoms with Crippen molar-refractivity contribution in [1.29, 1.82) is 0 Å². The van der Waals surface area contributed by atoms with Crippen LogP contribution in [-0.2, 0) is 25.2 Å². The number of alkyl halides is 1. The third kappa shape index (κ3) is 4.20. The summed E-state index contributed by atoms with van der Waals surface area (Å²) in [5.74, 6) is 0.631. The van der Waals surface area contributed by atoms with Gasteiger partial charge in [0.25, 0.3) is 5.56 Å². The molecule has 0 unspecified atom stereocenters. The van der Waals surface area contributed by atoms with Crippen molar-refractivity contribution < 1.29 is 4.74 Å². The van der Waals surface area contributed by atoms with Gasteiger partial charge in [0.2, 0.25) is 0 Å². The Labute approximate surface area is 164 Å². The Morgan fingerprint density at radius 3 is 2.23 bits per heavy atom. The number of rotatable bonds is 8. The largest absolute Gasteiger partial charge is 0.491 e. The number of hydrogen-bond acceptors (Lipinski definition) is 3. The van der Waals surface area contributed by atoms with E-state index in [-0.39, 0.29) is 5.56 Å². The molecular formula is C21H29BrN2O2. The van der Waals surface area contributed by atoms with Gasteiger partial charge < -0.3 is 4.74 Å². The van der Waals surface area contributed by atoms with Gasteiger partial charge in [-0.15, -0.1) is 0 Å². The van der Waals surface area contributed by atoms with Crippen LogP contribution in [0.25, 0.3) is 11.1 Å². The van der Waals surface area contributed by atoms with E-state index in [1.54, 1.807) is 7.05 Å². The molecular weight excluding hydrogens is 392 g/mol. The molecule has 26 heavy (non-hydrogen) atoms. The lowest BCUT2D eigenvalue weighted by Gasteiger charge is -2.20. The van der Waals surface area contributed by atoms with E-state index >= 15 is 0 Å². The molecule has 0 atom stereocenters. The molecule has 0 fully saturated rings. The molecule has 0 amide bonds. The molecule has 5 heteroatoms. The second-order valence-electron chi connectivity index (χ2n) is 6.58. The van der Waals surface area contributed by atoms with E-state index in [0.29, 0.717) is 23.2 Å². The summed E-state index contributed by atoms with van der Waals surface area (Å²) >= 11 is 3.51. The van der Waals surface area contributed by atoms with Gasteiger partial charge in [0.15, 0.2) is 5.75 Å². The molecule has 0 radical (unpaired) electrons. The van der Waals surface area contributed by atoms with Crippen molar-refractivity contribution in [1.82, 2.24) is 9.78 Å². The quantitative estimate of drug-likeness (QED) is 0.447. The Hall–Kier alpha value is -1.62. The highest BCUT2D eigenvalue weighted by Gasteiger charge is 2.23. The number of aromatic nitrogens is 2. The maximum atomic E-state index is 13.1. The summed E-state index contributed by atoms with van der Waals surface area (Å²) in [5.41, 5.74) is 5.94. The molecule has 2 aromatic rings. The summed E-state index contributed by atoms with van der Waals surface area (Å²) in [6, 6.07) is 4.36. The molecule has 0 aliphatic heterocycles. The molecule has 0 N–H and O–H groups in total. The van der Waals surface area contributed by atoms with Crippen LogP contribution in [0.5, 0.6) is 5.75 Å². The molecule has 142 valence electrons. The lowest BCUT2D eigenvalue weighted by Crippen LogP contribution is -2.25. The zero-order chi connectivity index (χ0) is 19.3. The average molecular weight is 421 g/mol. The van der Waals surface area contributed by atoms with Gasteiger partial charge in [-0.1, -0.05) is 60.8 Å². The molecule has 2 rings (SSSR count). The van der Waals surface area contributed by atoms with Gasteiger partial charge in [-0.3, -0.25) is 4.79 Å². The number of aryl methyl sites for hydroxylation is 4. The Kier molecular flexibility index (Phi) is 7.44. The van der Waals surface area contributed by atoms with Gasteiger partial charge >= 0.3 is 0 Å². The van der Waals surface area contributed by atoms with E-state index in [1.165, 1.54) is 21.4 Å². The number of unbranched alkanes of at least 4 members (excludes halogenated alkanes) is 1. The first-order chi connectivity index (χ1) is 12.5. The number of ether oxygens (including phenoxy) is 1. The van der Waals surface area contributed by atoms with Crippen molar-refractivity contribution in [3.8, 4) is 16.9 Å². The van der Waals surface area contributed by atoms with Gasteiger partial charge in [-0.25, -0.2) is 4.68 Å². The highest BCUT2D eigenvalue weighted by atomic mass is 79.9. The molecule has 0 saturated heterocycles. The number of hydrogen-bond donors (Lipinski definition) is 0. The van der Waals surface area contributed by atoms with Crippen molar-refractivity contribution in [2.45, 2.75) is 58.7 Å². The lowest BCUT2D eigenvalue weighted by molar-refractivity contribution is 0.304. The van der Waals surface area contributed by atoms with Crippen LogP contribution in [0.4, 0.5) is 0 Å². The molecule has 0 aliphatic carbocycles. The predicted octanol–water partition coefficient (Wildman–Crippen LogP) is 4.95. The summed E-state index contributed by atoms with van der Waals surface area (Å²) < 4.78 is 7.54. The summed E-state index contributed by atoms with van der Waals surface area (Å²) in [6.07, 6.45) is 3.73. The van der Waals surface area contributed by atoms with Crippen molar-refractivity contribution in [2.24, 2.45) is 7.05 Å². The Morgan fingerprint density at radius 2 is 1.73 bits per heavy atom. The number of halogens is 1. The summed E-state index contributed by atoms with van der Waals surface area (Å²) in [7, 11) is 1.71. The van der Waals surface area contributed by atoms with E-state index < -0.39 is 0 Å². The maximum Gasteiger partial charge on any atom is 0.278 e. The van der Waals surface area contributed by atoms with Crippen LogP contribution in [0.2, 0.25) is 0 Å². The van der Waals surface area contributed by atoms with Crippen molar-refractivity contribution in [2.75, 3.05) is 6.61 Å². The first-order valence-corrected chi connectivity index (χ1v) is 10.5. The van der Waals surface area contributed by atoms with E-state index in [1.807, 2.05) is 0 Å². The minimum Gasteiger partial charge on any atom is -0.491 e. The predicted molar refractivity (Wildman–Crippen MR) is 111 cm³/mol. The van der Waals surface area contributed by atoms with Gasteiger partial charge in [0.05, 0.1) is 17.5 Å². The minimum absolute atomic E-state index is 0.102. The molecule has 0 aliphatic rings. The van der Waals surface area contributed by atoms with Gasteiger partial charge in [-0.2, -0.15) is 5.10 Å². The zero-order valence-electron chi connectivity index (χ0n) is 16.5. The fraction of sp³-hybridized carbons (Fsp3) is 0.524. The normalized spacial score (nSPS) is 11.0. The maximum absolute atomic E-state index is 13.1. The van der Waals surface area contributed by atoms with Gasteiger partial charge in [0.1, 0.15) is 5.69 Å². The van der Waals surface area contributed by atoms with E-state index in [9.17, 15) is 4.79 Å². The summed E-state index contributed by atoms with van der Waals surface area (Å²) in [4.78, 5) is 13.1. The minimum atomic E-state index is -0.102. The van der Waals surface area contributed by atoms with Crippen molar-refractivity contribution in [3.05, 3.63) is 44.9 Å². The molecule has 1 heterocycles. The fourth-order valence-electron chi connectivity index (χ4n) is 3.28. The first kappa shape index (κ1) is 20.7. The van der Waals surface area contributed by atoms with Crippen molar-refractivity contribution >= 4 is 15.9 Å². The standard InChI is InChI=1S/C21H29BrN2O2/c1-6-9-10-26-20-17(13-22)23-24(5)21(25)19(20)18-15(7-2)11-14(4)12-16(18)8-3/h11-12H,6-10,13H2,1-5H3. The molecule has 0 saturated carbocycles. The Bertz CT molecular complexity index is 802. The first-order valence-electron chi connectivity index (χ1n) is 9.40. The molecule has 1 aromatic carbocycles. The highest BCUT2D eigenvalue weighted by Crippen LogP contribution is 2.36. The van der Waals surface area contributed by atoms with Crippen LogP contribution in [0, 0.1) is 6.92 Å². The van der Waals surface area contributed by atoms with Gasteiger partial charge in [0, 0.05) is 7.05 Å². The van der Waals surface area contributed by atoms with E-state index in [2.05, 4.69) is 60.9 Å². The topological polar surface area (TPSA) is 44.1 Å². The lowest BCUT2D eigenvalue weighted by atomic mass is 9.90. The Balaban J connectivity index is 2.84. The van der Waals surface area contributed by atoms with E-state index in [4.69, 9.17) is 4.74 Å². The van der Waals surface area contributed by atoms with Crippen LogP contribution in [0.3, 0.4) is 0 Å². The molecule has 4 nitrogen and oxygen atoms in total. The Morgan fingerprint density at radius 1 is 1.12 bits per heavy atom. The van der Waals surface area contributed by atoms with Crippen LogP contribution >= 0.6 is 15.9 Å². The van der Waals surface area contributed by atoms with E-state index in [0.717, 1.165) is 36.9 Å². The molecule has 0 bridgehead atoms. The number of benzene rings is 1. The van der Waals surface area contributed by atoms with Crippen molar-refractivity contribution in [3.63, 3.8) is 0 Å². The van der Waals surface area contributed by atoms with Crippen LogP contribution in [-0.4, -0.2) is 16.4 Å². The zero-order valence-corrected chi connectivity index (χ0v) is 18.1. The second-order valence-corrected chi connectivity index (χ2v) is 7.14. The van der Waals surface area contributed by atoms with Gasteiger partial charge in [-0.05, 0) is 42.9 Å². The highest BCUT2D eigenvalue weighted by molar-refractivity contribution is 9.08.